The van der Waals surface area contributed by atoms with Gasteiger partial charge in [0.2, 0.25) is 5.91 Å². The van der Waals surface area contributed by atoms with Crippen LogP contribution in [0.1, 0.15) is 13.3 Å². The summed E-state index contributed by atoms with van der Waals surface area (Å²) in [4.78, 5) is 24.2. The van der Waals surface area contributed by atoms with Crippen molar-refractivity contribution in [1.29, 1.82) is 0 Å². The van der Waals surface area contributed by atoms with Crippen LogP contribution >= 0.6 is 23.4 Å². The highest BCUT2D eigenvalue weighted by atomic mass is 35.5. The number of halogens is 2. The average molecular weight is 288 g/mol. The van der Waals surface area contributed by atoms with E-state index in [1.807, 2.05) is 0 Å². The predicted molar refractivity (Wildman–Crippen MR) is 70.4 cm³/mol. The van der Waals surface area contributed by atoms with Gasteiger partial charge in [0.05, 0.1) is 5.69 Å². The van der Waals surface area contributed by atoms with Gasteiger partial charge in [-0.25, -0.2) is 4.39 Å². The molecule has 0 radical (unpaired) electrons. The number of hydrogen-bond acceptors (Lipinski definition) is 3. The second-order valence-corrected chi connectivity index (χ2v) is 5.95. The molecule has 6 heteroatoms. The fourth-order valence-corrected chi connectivity index (χ4v) is 3.00. The van der Waals surface area contributed by atoms with Crippen LogP contribution in [0, 0.1) is 5.82 Å². The van der Waals surface area contributed by atoms with E-state index in [1.165, 1.54) is 24.0 Å². The standard InChI is InChI=1S/C12H11ClFNO2S/c1-7(16)18-9-5-12(17)15(6-9)11-3-2-8(13)4-10(11)14/h2-4,9H,5-6H2,1H3. The highest BCUT2D eigenvalue weighted by Crippen LogP contribution is 2.31. The van der Waals surface area contributed by atoms with Gasteiger partial charge in [0.15, 0.2) is 5.12 Å². The van der Waals surface area contributed by atoms with Crippen molar-refractivity contribution in [1.82, 2.24) is 0 Å². The zero-order valence-electron chi connectivity index (χ0n) is 9.65. The van der Waals surface area contributed by atoms with Gasteiger partial charge >= 0.3 is 0 Å². The second-order valence-electron chi connectivity index (χ2n) is 4.04. The maximum absolute atomic E-state index is 13.7. The van der Waals surface area contributed by atoms with Gasteiger partial charge < -0.3 is 4.90 Å². The van der Waals surface area contributed by atoms with E-state index in [1.54, 1.807) is 6.07 Å². The molecule has 1 aliphatic rings. The Hall–Kier alpha value is -1.07. The lowest BCUT2D eigenvalue weighted by atomic mass is 10.3. The van der Waals surface area contributed by atoms with E-state index in [-0.39, 0.29) is 33.4 Å². The summed E-state index contributed by atoms with van der Waals surface area (Å²) in [7, 11) is 0. The van der Waals surface area contributed by atoms with E-state index >= 15 is 0 Å². The smallest absolute Gasteiger partial charge is 0.228 e. The minimum atomic E-state index is -0.524. The third-order valence-electron chi connectivity index (χ3n) is 2.62. The Balaban J connectivity index is 2.19. The maximum Gasteiger partial charge on any atom is 0.228 e. The first-order valence-corrected chi connectivity index (χ1v) is 6.66. The summed E-state index contributed by atoms with van der Waals surface area (Å²) in [6.45, 7) is 1.81. The van der Waals surface area contributed by atoms with Gasteiger partial charge in [-0.15, -0.1) is 0 Å². The monoisotopic (exact) mass is 287 g/mol. The molecule has 2 rings (SSSR count). The van der Waals surface area contributed by atoms with Crippen molar-refractivity contribution in [3.8, 4) is 0 Å². The van der Waals surface area contributed by atoms with Crippen molar-refractivity contribution < 1.29 is 14.0 Å². The zero-order chi connectivity index (χ0) is 13.3. The Morgan fingerprint density at radius 2 is 2.28 bits per heavy atom. The summed E-state index contributed by atoms with van der Waals surface area (Å²) >= 11 is 6.79. The number of rotatable bonds is 2. The summed E-state index contributed by atoms with van der Waals surface area (Å²) in [5, 5.41) is 0.147. The summed E-state index contributed by atoms with van der Waals surface area (Å²) in [5.74, 6) is -0.695. The first-order chi connectivity index (χ1) is 8.47. The SMILES string of the molecule is CC(=O)SC1CC(=O)N(c2ccc(Cl)cc2F)C1. The van der Waals surface area contributed by atoms with Crippen LogP contribution in [-0.4, -0.2) is 22.8 Å². The lowest BCUT2D eigenvalue weighted by Gasteiger charge is -2.17. The summed E-state index contributed by atoms with van der Waals surface area (Å²) in [6.07, 6.45) is 0.256. The second kappa shape index (κ2) is 5.28. The van der Waals surface area contributed by atoms with Crippen molar-refractivity contribution >= 4 is 40.1 Å². The summed E-state index contributed by atoms with van der Waals surface area (Å²) < 4.78 is 13.7. The molecule has 18 heavy (non-hydrogen) atoms. The van der Waals surface area contributed by atoms with Crippen LogP contribution in [0.2, 0.25) is 5.02 Å². The number of thioether (sulfide) groups is 1. The lowest BCUT2D eigenvalue weighted by molar-refractivity contribution is -0.117. The van der Waals surface area contributed by atoms with Gasteiger partial charge in [0.25, 0.3) is 0 Å². The first kappa shape index (κ1) is 13.4. The Morgan fingerprint density at radius 3 is 2.89 bits per heavy atom. The molecule has 96 valence electrons. The van der Waals surface area contributed by atoms with Crippen molar-refractivity contribution in [3.63, 3.8) is 0 Å². The Labute approximate surface area is 113 Å². The molecule has 0 aliphatic carbocycles. The van der Waals surface area contributed by atoms with Gasteiger partial charge in [0, 0.05) is 30.2 Å². The third-order valence-corrected chi connectivity index (χ3v) is 3.84. The molecule has 0 saturated carbocycles. The Kier molecular flexibility index (Phi) is 3.92. The fourth-order valence-electron chi connectivity index (χ4n) is 1.92. The quantitative estimate of drug-likeness (QED) is 0.839. The number of nitrogens with zero attached hydrogens (tertiary/aromatic N) is 1. The number of carbonyl (C=O) groups excluding carboxylic acids is 2. The number of anilines is 1. The maximum atomic E-state index is 13.7. The highest BCUT2D eigenvalue weighted by molar-refractivity contribution is 8.14. The van der Waals surface area contributed by atoms with Crippen LogP contribution in [0.5, 0.6) is 0 Å². The molecule has 1 unspecified atom stereocenters. The van der Waals surface area contributed by atoms with E-state index in [0.29, 0.717) is 6.54 Å². The third kappa shape index (κ3) is 2.84. The Morgan fingerprint density at radius 1 is 1.56 bits per heavy atom. The van der Waals surface area contributed by atoms with Gasteiger partial charge in [0.1, 0.15) is 5.82 Å². The van der Waals surface area contributed by atoms with Crippen LogP contribution in [0.3, 0.4) is 0 Å². The average Bonchev–Trinajstić information content (AvgIpc) is 2.58. The minimum absolute atomic E-state index is 0.0359. The summed E-state index contributed by atoms with van der Waals surface area (Å²) in [6, 6.07) is 4.20. The molecule has 1 fully saturated rings. The molecule has 3 nitrogen and oxygen atoms in total. The minimum Gasteiger partial charge on any atom is -0.308 e. The topological polar surface area (TPSA) is 37.4 Å². The molecule has 0 bridgehead atoms. The van der Waals surface area contributed by atoms with Gasteiger partial charge in [-0.05, 0) is 18.2 Å². The highest BCUT2D eigenvalue weighted by Gasteiger charge is 2.33. The number of benzene rings is 1. The number of carbonyl (C=O) groups is 2. The van der Waals surface area contributed by atoms with Gasteiger partial charge in [-0.1, -0.05) is 23.4 Å². The first-order valence-electron chi connectivity index (χ1n) is 5.40. The van der Waals surface area contributed by atoms with E-state index in [4.69, 9.17) is 11.6 Å². The number of amides is 1. The molecule has 1 aromatic rings. The molecule has 1 amide bonds. The van der Waals surface area contributed by atoms with Crippen molar-refractivity contribution in [2.45, 2.75) is 18.6 Å². The molecular weight excluding hydrogens is 277 g/mol. The molecule has 0 N–H and O–H groups in total. The van der Waals surface area contributed by atoms with E-state index < -0.39 is 5.82 Å². The molecule has 1 saturated heterocycles. The molecule has 1 aromatic carbocycles. The van der Waals surface area contributed by atoms with Crippen molar-refractivity contribution in [3.05, 3.63) is 29.0 Å². The molecule has 0 spiro atoms. The van der Waals surface area contributed by atoms with Crippen LogP contribution in [0.15, 0.2) is 18.2 Å². The zero-order valence-corrected chi connectivity index (χ0v) is 11.2. The van der Waals surface area contributed by atoms with Crippen LogP contribution in [0.4, 0.5) is 10.1 Å². The molecular formula is C12H11ClFNO2S. The largest absolute Gasteiger partial charge is 0.308 e. The Bertz CT molecular complexity index is 509. The van der Waals surface area contributed by atoms with Crippen LogP contribution in [-0.2, 0) is 9.59 Å². The van der Waals surface area contributed by atoms with E-state index in [0.717, 1.165) is 11.8 Å². The van der Waals surface area contributed by atoms with Crippen molar-refractivity contribution in [2.24, 2.45) is 0 Å². The van der Waals surface area contributed by atoms with Gasteiger partial charge in [-0.2, -0.15) is 0 Å². The van der Waals surface area contributed by atoms with Crippen LogP contribution < -0.4 is 4.90 Å². The molecule has 1 atom stereocenters. The fraction of sp³-hybridized carbons (Fsp3) is 0.333. The molecule has 0 aromatic heterocycles. The van der Waals surface area contributed by atoms with E-state index in [2.05, 4.69) is 0 Å². The lowest BCUT2D eigenvalue weighted by Crippen LogP contribution is -2.25. The number of hydrogen-bond donors (Lipinski definition) is 0. The van der Waals surface area contributed by atoms with Crippen LogP contribution in [0.25, 0.3) is 0 Å². The van der Waals surface area contributed by atoms with Gasteiger partial charge in [-0.3, -0.25) is 9.59 Å². The van der Waals surface area contributed by atoms with Crippen molar-refractivity contribution in [2.75, 3.05) is 11.4 Å². The molecule has 1 aliphatic heterocycles. The van der Waals surface area contributed by atoms with E-state index in [9.17, 15) is 14.0 Å². The normalized spacial score (nSPS) is 19.4. The summed E-state index contributed by atoms with van der Waals surface area (Å²) in [5.41, 5.74) is 0.219. The molecule has 1 heterocycles. The predicted octanol–water partition coefficient (Wildman–Crippen LogP) is 2.86.